The van der Waals surface area contributed by atoms with Crippen molar-refractivity contribution in [2.24, 2.45) is 17.8 Å². The minimum Gasteiger partial charge on any atom is -0.364 e. The molecular formula is C27H46O4S. The Balaban J connectivity index is 1.58. The topological polar surface area (TPSA) is 55.9 Å². The second kappa shape index (κ2) is 12.5. The number of ether oxygens (including phenoxy) is 1. The van der Waals surface area contributed by atoms with Gasteiger partial charge in [-0.15, -0.1) is 0 Å². The lowest BCUT2D eigenvalue weighted by atomic mass is 9.90. The summed E-state index contributed by atoms with van der Waals surface area (Å²) < 4.78 is 35.8. The third-order valence-electron chi connectivity index (χ3n) is 6.96. The van der Waals surface area contributed by atoms with Crippen LogP contribution in [0.2, 0.25) is 0 Å². The molecule has 4 atom stereocenters. The monoisotopic (exact) mass is 466 g/mol. The largest absolute Gasteiger partial charge is 0.364 e. The summed E-state index contributed by atoms with van der Waals surface area (Å²) in [6.07, 6.45) is 11.2. The molecule has 1 saturated heterocycles. The van der Waals surface area contributed by atoms with Gasteiger partial charge in [0.25, 0.3) is 10.1 Å². The second-order valence-electron chi connectivity index (χ2n) is 10.8. The van der Waals surface area contributed by atoms with E-state index < -0.39 is 10.1 Å². The van der Waals surface area contributed by atoms with Crippen LogP contribution in [-0.4, -0.2) is 26.7 Å². The van der Waals surface area contributed by atoms with E-state index in [9.17, 15) is 8.42 Å². The molecule has 0 N–H and O–H groups in total. The maximum atomic E-state index is 12.3. The lowest BCUT2D eigenvalue weighted by Crippen LogP contribution is -2.17. The Labute approximate surface area is 197 Å². The van der Waals surface area contributed by atoms with E-state index in [0.29, 0.717) is 0 Å². The van der Waals surface area contributed by atoms with Crippen molar-refractivity contribution in [3.63, 3.8) is 0 Å². The lowest BCUT2D eigenvalue weighted by Gasteiger charge is -2.15. The minimum absolute atomic E-state index is 0.0942. The molecule has 1 aliphatic rings. The summed E-state index contributed by atoms with van der Waals surface area (Å²) in [6.45, 7) is 13.5. The molecule has 184 valence electrons. The first-order valence-electron chi connectivity index (χ1n) is 12.7. The summed E-state index contributed by atoms with van der Waals surface area (Å²) in [5.74, 6) is 2.40. The van der Waals surface area contributed by atoms with Crippen molar-refractivity contribution in [3.05, 3.63) is 29.8 Å². The van der Waals surface area contributed by atoms with Gasteiger partial charge in [-0.3, -0.25) is 4.18 Å². The van der Waals surface area contributed by atoms with Gasteiger partial charge in [-0.05, 0) is 50.2 Å². The van der Waals surface area contributed by atoms with Crippen LogP contribution in [0, 0.1) is 24.7 Å². The third kappa shape index (κ3) is 9.52. The normalized spacial score (nSPS) is 22.8. The molecule has 5 heteroatoms. The molecular weight excluding hydrogens is 420 g/mol. The number of hydrogen-bond donors (Lipinski definition) is 0. The quantitative estimate of drug-likeness (QED) is 0.189. The SMILES string of the molecule is Cc1ccc(S(=O)(=O)OCC2O[C@@]2(C)CCC[C@H](C)CCC[C@H](C)CCCC(C)C)cc1. The predicted octanol–water partition coefficient (Wildman–Crippen LogP) is 7.30. The van der Waals surface area contributed by atoms with Gasteiger partial charge in [0.05, 0.1) is 17.1 Å². The number of epoxide rings is 1. The van der Waals surface area contributed by atoms with Gasteiger partial charge in [0.2, 0.25) is 0 Å². The molecule has 1 aromatic carbocycles. The van der Waals surface area contributed by atoms with Gasteiger partial charge >= 0.3 is 0 Å². The van der Waals surface area contributed by atoms with E-state index in [0.717, 1.165) is 36.2 Å². The van der Waals surface area contributed by atoms with Gasteiger partial charge in [0.15, 0.2) is 0 Å². The Morgan fingerprint density at radius 1 is 0.906 bits per heavy atom. The van der Waals surface area contributed by atoms with Crippen LogP contribution in [-0.2, 0) is 19.0 Å². The Kier molecular flexibility index (Phi) is 10.7. The van der Waals surface area contributed by atoms with Crippen molar-refractivity contribution in [1.82, 2.24) is 0 Å². The lowest BCUT2D eigenvalue weighted by molar-refractivity contribution is 0.249. The molecule has 1 heterocycles. The fourth-order valence-corrected chi connectivity index (χ4v) is 5.33. The summed E-state index contributed by atoms with van der Waals surface area (Å²) in [5, 5.41) is 0. The van der Waals surface area contributed by atoms with Crippen molar-refractivity contribution in [3.8, 4) is 0 Å². The summed E-state index contributed by atoms with van der Waals surface area (Å²) >= 11 is 0. The van der Waals surface area contributed by atoms with Crippen molar-refractivity contribution in [1.29, 1.82) is 0 Å². The standard InChI is InChI=1S/C27H46O4S/c1-21(2)10-7-11-22(3)12-8-13-23(4)14-9-19-27(6)26(31-27)20-30-32(28,29)25-17-15-24(5)16-18-25/h15-18,21-23,26H,7-14,19-20H2,1-6H3/t22-,23-,26?,27+/m1/s1. The molecule has 1 fully saturated rings. The number of rotatable bonds is 16. The van der Waals surface area contributed by atoms with Crippen LogP contribution < -0.4 is 0 Å². The molecule has 1 aromatic rings. The highest BCUT2D eigenvalue weighted by atomic mass is 32.2. The molecule has 0 saturated carbocycles. The Hall–Kier alpha value is -0.910. The predicted molar refractivity (Wildman–Crippen MR) is 132 cm³/mol. The first-order chi connectivity index (χ1) is 15.0. The van der Waals surface area contributed by atoms with Crippen molar-refractivity contribution in [2.45, 2.75) is 116 Å². The van der Waals surface area contributed by atoms with E-state index in [2.05, 4.69) is 34.6 Å². The molecule has 1 aliphatic heterocycles. The van der Waals surface area contributed by atoms with Crippen LogP contribution in [0.15, 0.2) is 29.2 Å². The highest BCUT2D eigenvalue weighted by Crippen LogP contribution is 2.41. The third-order valence-corrected chi connectivity index (χ3v) is 8.26. The Morgan fingerprint density at radius 2 is 1.44 bits per heavy atom. The molecule has 0 radical (unpaired) electrons. The van der Waals surface area contributed by atoms with Crippen molar-refractivity contribution >= 4 is 10.1 Å². The first-order valence-corrected chi connectivity index (χ1v) is 14.1. The van der Waals surface area contributed by atoms with Crippen LogP contribution in [0.25, 0.3) is 0 Å². The summed E-state index contributed by atoms with van der Waals surface area (Å²) in [5.41, 5.74) is 0.778. The fourth-order valence-electron chi connectivity index (χ4n) is 4.43. The number of aryl methyl sites for hydroxylation is 1. The molecule has 0 aliphatic carbocycles. The average molecular weight is 467 g/mol. The fraction of sp³-hybridized carbons (Fsp3) is 0.778. The van der Waals surface area contributed by atoms with E-state index in [1.165, 1.54) is 44.9 Å². The van der Waals surface area contributed by atoms with Crippen LogP contribution >= 0.6 is 0 Å². The van der Waals surface area contributed by atoms with Crippen LogP contribution in [0.1, 0.15) is 98.0 Å². The van der Waals surface area contributed by atoms with E-state index in [1.54, 1.807) is 24.3 Å². The van der Waals surface area contributed by atoms with E-state index >= 15 is 0 Å². The smallest absolute Gasteiger partial charge is 0.297 e. The van der Waals surface area contributed by atoms with E-state index in [1.807, 2.05) is 6.92 Å². The van der Waals surface area contributed by atoms with Gasteiger partial charge in [0.1, 0.15) is 6.10 Å². The highest BCUT2D eigenvalue weighted by molar-refractivity contribution is 7.86. The zero-order chi connectivity index (χ0) is 23.8. The maximum absolute atomic E-state index is 12.3. The van der Waals surface area contributed by atoms with Crippen molar-refractivity contribution in [2.75, 3.05) is 6.61 Å². The Morgan fingerprint density at radius 3 is 2.00 bits per heavy atom. The average Bonchev–Trinajstić information content (AvgIpc) is 3.36. The molecule has 0 bridgehead atoms. The van der Waals surface area contributed by atoms with E-state index in [4.69, 9.17) is 8.92 Å². The Bertz CT molecular complexity index is 771. The van der Waals surface area contributed by atoms with Crippen LogP contribution in [0.5, 0.6) is 0 Å². The van der Waals surface area contributed by atoms with Gasteiger partial charge in [-0.2, -0.15) is 8.42 Å². The van der Waals surface area contributed by atoms with Crippen molar-refractivity contribution < 1.29 is 17.3 Å². The first kappa shape index (κ1) is 27.3. The molecule has 0 amide bonds. The second-order valence-corrected chi connectivity index (χ2v) is 12.4. The number of benzene rings is 1. The molecule has 0 spiro atoms. The molecule has 4 nitrogen and oxygen atoms in total. The van der Waals surface area contributed by atoms with Crippen LogP contribution in [0.3, 0.4) is 0 Å². The van der Waals surface area contributed by atoms with Crippen LogP contribution in [0.4, 0.5) is 0 Å². The molecule has 32 heavy (non-hydrogen) atoms. The van der Waals surface area contributed by atoms with E-state index in [-0.39, 0.29) is 23.2 Å². The maximum Gasteiger partial charge on any atom is 0.297 e. The molecule has 0 aromatic heterocycles. The number of hydrogen-bond acceptors (Lipinski definition) is 4. The van der Waals surface area contributed by atoms with Gasteiger partial charge in [0, 0.05) is 0 Å². The molecule has 1 unspecified atom stereocenters. The van der Waals surface area contributed by atoms with Gasteiger partial charge in [-0.25, -0.2) is 0 Å². The zero-order valence-corrected chi connectivity index (χ0v) is 22.0. The highest BCUT2D eigenvalue weighted by Gasteiger charge is 2.52. The zero-order valence-electron chi connectivity index (χ0n) is 21.2. The summed E-state index contributed by atoms with van der Waals surface area (Å²) in [7, 11) is -3.72. The molecule has 2 rings (SSSR count). The van der Waals surface area contributed by atoms with Gasteiger partial charge < -0.3 is 4.74 Å². The minimum atomic E-state index is -3.72. The summed E-state index contributed by atoms with van der Waals surface area (Å²) in [4.78, 5) is 0.202. The summed E-state index contributed by atoms with van der Waals surface area (Å²) in [6, 6.07) is 6.74. The van der Waals surface area contributed by atoms with Gasteiger partial charge in [-0.1, -0.05) is 96.8 Å².